The SMILES string of the molecule is CC[C@H](C)c1cccc(Cl)c1Cl. The van der Waals surface area contributed by atoms with E-state index in [0.29, 0.717) is 16.0 Å². The monoisotopic (exact) mass is 202 g/mol. The lowest BCUT2D eigenvalue weighted by Crippen LogP contribution is -1.92. The highest BCUT2D eigenvalue weighted by Crippen LogP contribution is 2.31. The third kappa shape index (κ3) is 1.94. The molecule has 0 fully saturated rings. The van der Waals surface area contributed by atoms with E-state index in [1.165, 1.54) is 0 Å². The average Bonchev–Trinajstić information content (AvgIpc) is 2.08. The second kappa shape index (κ2) is 4.15. The van der Waals surface area contributed by atoms with E-state index >= 15 is 0 Å². The van der Waals surface area contributed by atoms with E-state index in [1.54, 1.807) is 0 Å². The first-order valence-electron chi connectivity index (χ1n) is 4.10. The summed E-state index contributed by atoms with van der Waals surface area (Å²) in [6.45, 7) is 4.29. The number of benzene rings is 1. The summed E-state index contributed by atoms with van der Waals surface area (Å²) in [5.41, 5.74) is 1.15. The summed E-state index contributed by atoms with van der Waals surface area (Å²) in [6, 6.07) is 5.79. The van der Waals surface area contributed by atoms with Crippen molar-refractivity contribution >= 4 is 23.2 Å². The van der Waals surface area contributed by atoms with Crippen LogP contribution in [-0.4, -0.2) is 0 Å². The predicted molar refractivity (Wildman–Crippen MR) is 55.2 cm³/mol. The van der Waals surface area contributed by atoms with Gasteiger partial charge in [-0.3, -0.25) is 0 Å². The van der Waals surface area contributed by atoms with Crippen LogP contribution in [0, 0.1) is 0 Å². The molecule has 2 heteroatoms. The minimum Gasteiger partial charge on any atom is -0.0827 e. The molecular formula is C10H12Cl2. The smallest absolute Gasteiger partial charge is 0.0626 e. The molecule has 0 aliphatic heterocycles. The maximum atomic E-state index is 6.03. The van der Waals surface area contributed by atoms with Gasteiger partial charge in [0.2, 0.25) is 0 Å². The summed E-state index contributed by atoms with van der Waals surface area (Å²) >= 11 is 11.9. The van der Waals surface area contributed by atoms with Crippen LogP contribution in [0.2, 0.25) is 10.0 Å². The first kappa shape index (κ1) is 9.88. The van der Waals surface area contributed by atoms with Gasteiger partial charge in [0.05, 0.1) is 10.0 Å². The van der Waals surface area contributed by atoms with Gasteiger partial charge < -0.3 is 0 Å². The molecule has 0 aliphatic carbocycles. The minimum atomic E-state index is 0.483. The van der Waals surface area contributed by atoms with Crippen molar-refractivity contribution in [3.63, 3.8) is 0 Å². The Balaban J connectivity index is 3.07. The molecule has 1 atom stereocenters. The minimum absolute atomic E-state index is 0.483. The van der Waals surface area contributed by atoms with Crippen LogP contribution in [0.4, 0.5) is 0 Å². The third-order valence-electron chi connectivity index (χ3n) is 2.12. The summed E-state index contributed by atoms with van der Waals surface area (Å²) in [5, 5.41) is 1.35. The molecule has 1 rings (SSSR count). The van der Waals surface area contributed by atoms with Crippen molar-refractivity contribution in [1.29, 1.82) is 0 Å². The van der Waals surface area contributed by atoms with Crippen LogP contribution in [0.15, 0.2) is 18.2 Å². The summed E-state index contributed by atoms with van der Waals surface area (Å²) in [6.07, 6.45) is 1.08. The van der Waals surface area contributed by atoms with Crippen molar-refractivity contribution in [2.24, 2.45) is 0 Å². The topological polar surface area (TPSA) is 0 Å². The Bertz CT molecular complexity index is 269. The van der Waals surface area contributed by atoms with Gasteiger partial charge in [0, 0.05) is 0 Å². The Labute approximate surface area is 83.5 Å². The molecule has 0 unspecified atom stereocenters. The van der Waals surface area contributed by atoms with Crippen molar-refractivity contribution in [1.82, 2.24) is 0 Å². The van der Waals surface area contributed by atoms with Crippen molar-refractivity contribution in [2.75, 3.05) is 0 Å². The molecular weight excluding hydrogens is 191 g/mol. The summed E-state index contributed by atoms with van der Waals surface area (Å²) in [4.78, 5) is 0. The molecule has 0 radical (unpaired) electrons. The second-order valence-electron chi connectivity index (χ2n) is 2.95. The van der Waals surface area contributed by atoms with Crippen LogP contribution >= 0.6 is 23.2 Å². The Kier molecular flexibility index (Phi) is 3.42. The number of halogens is 2. The zero-order valence-corrected chi connectivity index (χ0v) is 8.78. The van der Waals surface area contributed by atoms with E-state index in [-0.39, 0.29) is 0 Å². The normalized spacial score (nSPS) is 13.0. The largest absolute Gasteiger partial charge is 0.0827 e. The maximum absolute atomic E-state index is 6.03. The van der Waals surface area contributed by atoms with E-state index in [2.05, 4.69) is 13.8 Å². The van der Waals surface area contributed by atoms with Gasteiger partial charge in [-0.1, -0.05) is 49.2 Å². The fraction of sp³-hybridized carbons (Fsp3) is 0.400. The van der Waals surface area contributed by atoms with Gasteiger partial charge in [-0.15, -0.1) is 0 Å². The summed E-state index contributed by atoms with van der Waals surface area (Å²) in [5.74, 6) is 0.483. The highest BCUT2D eigenvalue weighted by Gasteiger charge is 2.09. The predicted octanol–water partition coefficient (Wildman–Crippen LogP) is 4.51. The molecule has 0 aromatic heterocycles. The molecule has 0 aliphatic rings. The quantitative estimate of drug-likeness (QED) is 0.663. The molecule has 0 N–H and O–H groups in total. The van der Waals surface area contributed by atoms with Crippen LogP contribution in [0.5, 0.6) is 0 Å². The standard InChI is InChI=1S/C10H12Cl2/c1-3-7(2)8-5-4-6-9(11)10(8)12/h4-7H,3H2,1-2H3/t7-/m0/s1. The van der Waals surface area contributed by atoms with Crippen LogP contribution in [-0.2, 0) is 0 Å². The van der Waals surface area contributed by atoms with Gasteiger partial charge in [-0.2, -0.15) is 0 Å². The van der Waals surface area contributed by atoms with Crippen molar-refractivity contribution in [3.05, 3.63) is 33.8 Å². The molecule has 0 nitrogen and oxygen atoms in total. The Morgan fingerprint density at radius 3 is 2.58 bits per heavy atom. The molecule has 66 valence electrons. The lowest BCUT2D eigenvalue weighted by atomic mass is 9.99. The molecule has 1 aromatic rings. The van der Waals surface area contributed by atoms with Gasteiger partial charge in [-0.05, 0) is 24.0 Å². The Morgan fingerprint density at radius 2 is 2.00 bits per heavy atom. The highest BCUT2D eigenvalue weighted by molar-refractivity contribution is 6.42. The van der Waals surface area contributed by atoms with E-state index in [4.69, 9.17) is 23.2 Å². The molecule has 0 saturated carbocycles. The van der Waals surface area contributed by atoms with Crippen molar-refractivity contribution < 1.29 is 0 Å². The number of hydrogen-bond acceptors (Lipinski definition) is 0. The lowest BCUT2D eigenvalue weighted by molar-refractivity contribution is 0.734. The van der Waals surface area contributed by atoms with E-state index in [0.717, 1.165) is 12.0 Å². The van der Waals surface area contributed by atoms with Gasteiger partial charge in [0.25, 0.3) is 0 Å². The van der Waals surface area contributed by atoms with Crippen LogP contribution in [0.25, 0.3) is 0 Å². The molecule has 0 spiro atoms. The van der Waals surface area contributed by atoms with Gasteiger partial charge >= 0.3 is 0 Å². The van der Waals surface area contributed by atoms with Gasteiger partial charge in [-0.25, -0.2) is 0 Å². The second-order valence-corrected chi connectivity index (χ2v) is 3.74. The van der Waals surface area contributed by atoms with Crippen LogP contribution in [0.3, 0.4) is 0 Å². The van der Waals surface area contributed by atoms with E-state index in [9.17, 15) is 0 Å². The van der Waals surface area contributed by atoms with E-state index < -0.39 is 0 Å². The van der Waals surface area contributed by atoms with Crippen LogP contribution in [0.1, 0.15) is 31.7 Å². The third-order valence-corrected chi connectivity index (χ3v) is 2.96. The molecule has 0 heterocycles. The zero-order chi connectivity index (χ0) is 9.14. The zero-order valence-electron chi connectivity index (χ0n) is 7.27. The molecule has 1 aromatic carbocycles. The van der Waals surface area contributed by atoms with E-state index in [1.807, 2.05) is 18.2 Å². The fourth-order valence-corrected chi connectivity index (χ4v) is 1.62. The van der Waals surface area contributed by atoms with Crippen LogP contribution < -0.4 is 0 Å². The first-order chi connectivity index (χ1) is 5.66. The van der Waals surface area contributed by atoms with Gasteiger partial charge in [0.15, 0.2) is 0 Å². The molecule has 0 saturated heterocycles. The van der Waals surface area contributed by atoms with Crippen molar-refractivity contribution in [2.45, 2.75) is 26.2 Å². The molecule has 12 heavy (non-hydrogen) atoms. The first-order valence-corrected chi connectivity index (χ1v) is 4.86. The average molecular weight is 203 g/mol. The Hall–Kier alpha value is -0.200. The molecule has 0 bridgehead atoms. The fourth-order valence-electron chi connectivity index (χ4n) is 1.12. The Morgan fingerprint density at radius 1 is 1.33 bits per heavy atom. The highest BCUT2D eigenvalue weighted by atomic mass is 35.5. The molecule has 0 amide bonds. The number of rotatable bonds is 2. The van der Waals surface area contributed by atoms with Gasteiger partial charge in [0.1, 0.15) is 0 Å². The summed E-state index contributed by atoms with van der Waals surface area (Å²) in [7, 11) is 0. The van der Waals surface area contributed by atoms with Crippen molar-refractivity contribution in [3.8, 4) is 0 Å². The number of hydrogen-bond donors (Lipinski definition) is 0. The lowest BCUT2D eigenvalue weighted by Gasteiger charge is -2.11. The summed E-state index contributed by atoms with van der Waals surface area (Å²) < 4.78 is 0. The maximum Gasteiger partial charge on any atom is 0.0626 e.